The lowest BCUT2D eigenvalue weighted by molar-refractivity contribution is -0.137. The summed E-state index contributed by atoms with van der Waals surface area (Å²) < 4.78 is 38.7. The fourth-order valence-corrected chi connectivity index (χ4v) is 2.92. The summed E-state index contributed by atoms with van der Waals surface area (Å²) in [5.74, 6) is -0.385. The molecular weight excluding hydrogens is 420 g/mol. The van der Waals surface area contributed by atoms with E-state index in [0.717, 1.165) is 25.0 Å². The first-order valence-corrected chi connectivity index (χ1v) is 7.28. The van der Waals surface area contributed by atoms with Crippen LogP contribution in [-0.2, 0) is 6.18 Å². The van der Waals surface area contributed by atoms with Crippen molar-refractivity contribution in [2.75, 3.05) is 13.1 Å². The highest BCUT2D eigenvalue weighted by Crippen LogP contribution is 2.31. The number of carbonyl (C=O) groups excluding carboxylic acids is 1. The maximum atomic E-state index is 12.8. The molecule has 1 fully saturated rings. The van der Waals surface area contributed by atoms with E-state index in [4.69, 9.17) is 5.73 Å². The number of rotatable bonds is 1. The van der Waals surface area contributed by atoms with Gasteiger partial charge >= 0.3 is 6.18 Å². The molecule has 0 aromatic heterocycles. The van der Waals surface area contributed by atoms with Crippen LogP contribution in [-0.4, -0.2) is 29.9 Å². The van der Waals surface area contributed by atoms with Gasteiger partial charge in [0.2, 0.25) is 0 Å². The van der Waals surface area contributed by atoms with Gasteiger partial charge in [0.1, 0.15) is 0 Å². The highest BCUT2D eigenvalue weighted by Gasteiger charge is 2.32. The molecule has 0 radical (unpaired) electrons. The number of alkyl halides is 3. The predicted molar refractivity (Wildman–Crippen MR) is 84.5 cm³/mol. The van der Waals surface area contributed by atoms with Crippen molar-refractivity contribution in [3.63, 3.8) is 0 Å². The van der Waals surface area contributed by atoms with E-state index in [1.54, 1.807) is 22.6 Å². The molecule has 1 aliphatic rings. The van der Waals surface area contributed by atoms with Crippen LogP contribution in [0.3, 0.4) is 0 Å². The van der Waals surface area contributed by atoms with Gasteiger partial charge in [0.15, 0.2) is 0 Å². The smallest absolute Gasteiger partial charge is 0.337 e. The number of halogens is 5. The zero-order chi connectivity index (χ0) is 14.9. The quantitative estimate of drug-likeness (QED) is 0.690. The Bertz CT molecular complexity index is 525. The third-order valence-corrected chi connectivity index (χ3v) is 3.84. The van der Waals surface area contributed by atoms with Crippen molar-refractivity contribution in [3.05, 3.63) is 32.9 Å². The fraction of sp³-hybridized carbons (Fsp3) is 0.462. The minimum Gasteiger partial charge on any atom is -0.337 e. The van der Waals surface area contributed by atoms with Crippen LogP contribution in [0.5, 0.6) is 0 Å². The standard InChI is InChI=1S/C13H14F3IN2O.ClH/c14-13(15,16)9-4-8(5-10(17)6-9)12(20)19-3-1-2-11(18)7-19;/h4-6,11H,1-3,7,18H2;1H. The molecule has 118 valence electrons. The molecule has 0 aliphatic carbocycles. The Kier molecular flexibility index (Phi) is 6.30. The highest BCUT2D eigenvalue weighted by molar-refractivity contribution is 14.1. The van der Waals surface area contributed by atoms with E-state index in [1.807, 2.05) is 0 Å². The van der Waals surface area contributed by atoms with Crippen LogP contribution in [0.4, 0.5) is 13.2 Å². The number of benzene rings is 1. The number of likely N-dealkylation sites (tertiary alicyclic amines) is 1. The van der Waals surface area contributed by atoms with Crippen molar-refractivity contribution in [1.82, 2.24) is 4.90 Å². The minimum atomic E-state index is -4.45. The number of piperidine rings is 1. The molecule has 0 spiro atoms. The number of nitrogens with two attached hydrogens (primary N) is 1. The molecule has 2 N–H and O–H groups in total. The van der Waals surface area contributed by atoms with E-state index >= 15 is 0 Å². The van der Waals surface area contributed by atoms with Gasteiger partial charge in [0, 0.05) is 28.3 Å². The Morgan fingerprint density at radius 2 is 2.00 bits per heavy atom. The van der Waals surface area contributed by atoms with Crippen LogP contribution in [0.25, 0.3) is 0 Å². The van der Waals surface area contributed by atoms with Crippen LogP contribution < -0.4 is 5.73 Å². The topological polar surface area (TPSA) is 46.3 Å². The Morgan fingerprint density at radius 1 is 1.33 bits per heavy atom. The largest absolute Gasteiger partial charge is 0.416 e. The maximum absolute atomic E-state index is 12.8. The second-order valence-electron chi connectivity index (χ2n) is 4.88. The summed E-state index contributed by atoms with van der Waals surface area (Å²) in [6, 6.07) is 3.31. The first kappa shape index (κ1) is 18.5. The van der Waals surface area contributed by atoms with Crippen molar-refractivity contribution >= 4 is 40.9 Å². The summed E-state index contributed by atoms with van der Waals surface area (Å²) in [6.07, 6.45) is -2.83. The lowest BCUT2D eigenvalue weighted by Gasteiger charge is -2.31. The van der Waals surface area contributed by atoms with E-state index in [-0.39, 0.29) is 29.9 Å². The molecule has 1 atom stereocenters. The van der Waals surface area contributed by atoms with Crippen LogP contribution in [0.15, 0.2) is 18.2 Å². The monoisotopic (exact) mass is 434 g/mol. The molecule has 1 heterocycles. The Morgan fingerprint density at radius 3 is 2.57 bits per heavy atom. The normalized spacial score (nSPS) is 19.1. The lowest BCUT2D eigenvalue weighted by atomic mass is 10.0. The molecule has 1 aliphatic heterocycles. The van der Waals surface area contributed by atoms with Crippen LogP contribution in [0.2, 0.25) is 0 Å². The van der Waals surface area contributed by atoms with Crippen molar-refractivity contribution < 1.29 is 18.0 Å². The van der Waals surface area contributed by atoms with E-state index in [0.29, 0.717) is 16.7 Å². The molecule has 0 saturated carbocycles. The van der Waals surface area contributed by atoms with Crippen LogP contribution >= 0.6 is 35.0 Å². The van der Waals surface area contributed by atoms with Crippen LogP contribution in [0.1, 0.15) is 28.8 Å². The Balaban J connectivity index is 0.00000220. The second kappa shape index (κ2) is 7.15. The molecule has 2 rings (SSSR count). The van der Waals surface area contributed by atoms with E-state index in [1.165, 1.54) is 11.0 Å². The summed E-state index contributed by atoms with van der Waals surface area (Å²) in [4.78, 5) is 13.8. The number of carbonyl (C=O) groups is 1. The number of nitrogens with zero attached hydrogens (tertiary/aromatic N) is 1. The average molecular weight is 435 g/mol. The van der Waals surface area contributed by atoms with E-state index in [9.17, 15) is 18.0 Å². The van der Waals surface area contributed by atoms with Gasteiger partial charge in [0.05, 0.1) is 5.56 Å². The zero-order valence-corrected chi connectivity index (χ0v) is 14.0. The molecule has 1 unspecified atom stereocenters. The first-order valence-electron chi connectivity index (χ1n) is 6.20. The summed E-state index contributed by atoms with van der Waals surface area (Å²) >= 11 is 1.78. The summed E-state index contributed by atoms with van der Waals surface area (Å²) in [5.41, 5.74) is 5.07. The number of amides is 1. The van der Waals surface area contributed by atoms with Gasteiger partial charge in [-0.2, -0.15) is 13.2 Å². The maximum Gasteiger partial charge on any atom is 0.416 e. The third-order valence-electron chi connectivity index (χ3n) is 3.22. The van der Waals surface area contributed by atoms with Gasteiger partial charge in [-0.25, -0.2) is 0 Å². The molecule has 1 aromatic carbocycles. The van der Waals surface area contributed by atoms with Gasteiger partial charge < -0.3 is 10.6 Å². The van der Waals surface area contributed by atoms with Gasteiger partial charge in [-0.15, -0.1) is 12.4 Å². The molecule has 1 amide bonds. The minimum absolute atomic E-state index is 0. The Hall–Kier alpha value is -0.540. The van der Waals surface area contributed by atoms with Gasteiger partial charge in [-0.05, 0) is 53.6 Å². The SMILES string of the molecule is Cl.NC1CCCN(C(=O)c2cc(I)cc(C(F)(F)F)c2)C1. The summed E-state index contributed by atoms with van der Waals surface area (Å²) in [7, 11) is 0. The van der Waals surface area contributed by atoms with Crippen LogP contribution in [0, 0.1) is 3.57 Å². The molecule has 3 nitrogen and oxygen atoms in total. The molecule has 8 heteroatoms. The molecule has 0 bridgehead atoms. The lowest BCUT2D eigenvalue weighted by Crippen LogP contribution is -2.45. The van der Waals surface area contributed by atoms with Gasteiger partial charge in [-0.1, -0.05) is 0 Å². The number of hydrogen-bond donors (Lipinski definition) is 1. The van der Waals surface area contributed by atoms with Gasteiger partial charge in [-0.3, -0.25) is 4.79 Å². The summed E-state index contributed by atoms with van der Waals surface area (Å²) in [6.45, 7) is 0.936. The molecule has 1 aromatic rings. The van der Waals surface area contributed by atoms with E-state index < -0.39 is 11.7 Å². The van der Waals surface area contributed by atoms with Crippen molar-refractivity contribution in [1.29, 1.82) is 0 Å². The first-order chi connectivity index (χ1) is 9.27. The van der Waals surface area contributed by atoms with Crippen molar-refractivity contribution in [3.8, 4) is 0 Å². The molecule has 21 heavy (non-hydrogen) atoms. The fourth-order valence-electron chi connectivity index (χ4n) is 2.25. The zero-order valence-electron chi connectivity index (χ0n) is 11.0. The highest BCUT2D eigenvalue weighted by atomic mass is 127. The summed E-state index contributed by atoms with van der Waals surface area (Å²) in [5, 5.41) is 0. The van der Waals surface area contributed by atoms with Crippen molar-refractivity contribution in [2.24, 2.45) is 5.73 Å². The van der Waals surface area contributed by atoms with Crippen molar-refractivity contribution in [2.45, 2.75) is 25.1 Å². The van der Waals surface area contributed by atoms with E-state index in [2.05, 4.69) is 0 Å². The average Bonchev–Trinajstić information content (AvgIpc) is 2.36. The second-order valence-corrected chi connectivity index (χ2v) is 6.13. The van der Waals surface area contributed by atoms with Gasteiger partial charge in [0.25, 0.3) is 5.91 Å². The number of hydrogen-bond acceptors (Lipinski definition) is 2. The molecular formula is C13H15ClF3IN2O. The Labute approximate surface area is 140 Å². The molecule has 1 saturated heterocycles. The third kappa shape index (κ3) is 4.72. The predicted octanol–water partition coefficient (Wildman–Crippen LogP) is 3.30.